The number of ether oxygens (including phenoxy) is 1. The normalized spacial score (nSPS) is 16.8. The lowest BCUT2D eigenvalue weighted by Gasteiger charge is -2.33. The van der Waals surface area contributed by atoms with Crippen molar-refractivity contribution in [2.75, 3.05) is 39.8 Å². The summed E-state index contributed by atoms with van der Waals surface area (Å²) in [5, 5.41) is 2.85. The molecule has 0 saturated carbocycles. The second kappa shape index (κ2) is 8.16. The predicted molar refractivity (Wildman–Crippen MR) is 96.2 cm³/mol. The molecule has 1 heterocycles. The standard InChI is InChI=1S/C17H27N3O4S/c1-13(2)18-17(21)12-19-7-9-20(10-8-19)25(22,23)16-11-14(3)5-6-15(16)24-4/h5-6,11,13H,7-10,12H2,1-4H3,(H,18,21). The van der Waals surface area contributed by atoms with Gasteiger partial charge in [-0.3, -0.25) is 9.69 Å². The fourth-order valence-corrected chi connectivity index (χ4v) is 4.49. The van der Waals surface area contributed by atoms with Crippen LogP contribution in [0.4, 0.5) is 0 Å². The molecule has 25 heavy (non-hydrogen) atoms. The molecule has 0 unspecified atom stereocenters. The van der Waals surface area contributed by atoms with Gasteiger partial charge in [-0.2, -0.15) is 4.31 Å². The third kappa shape index (κ3) is 4.93. The van der Waals surface area contributed by atoms with Gasteiger partial charge in [-0.1, -0.05) is 6.07 Å². The van der Waals surface area contributed by atoms with Crippen molar-refractivity contribution in [3.8, 4) is 5.75 Å². The van der Waals surface area contributed by atoms with Crippen LogP contribution in [0.3, 0.4) is 0 Å². The summed E-state index contributed by atoms with van der Waals surface area (Å²) in [5.41, 5.74) is 0.864. The Morgan fingerprint density at radius 1 is 1.24 bits per heavy atom. The van der Waals surface area contributed by atoms with Crippen LogP contribution in [0.25, 0.3) is 0 Å². The van der Waals surface area contributed by atoms with Gasteiger partial charge in [-0.05, 0) is 38.5 Å². The van der Waals surface area contributed by atoms with Crippen molar-refractivity contribution in [3.63, 3.8) is 0 Å². The molecule has 140 valence electrons. The lowest BCUT2D eigenvalue weighted by Crippen LogP contribution is -2.51. The fraction of sp³-hybridized carbons (Fsp3) is 0.588. The SMILES string of the molecule is COc1ccc(C)cc1S(=O)(=O)N1CCN(CC(=O)NC(C)C)CC1. The van der Waals surface area contributed by atoms with E-state index in [0.717, 1.165) is 5.56 Å². The Morgan fingerprint density at radius 3 is 2.44 bits per heavy atom. The van der Waals surface area contributed by atoms with Crippen LogP contribution in [0, 0.1) is 6.92 Å². The Kier molecular flexibility index (Phi) is 6.42. The summed E-state index contributed by atoms with van der Waals surface area (Å²) in [6.45, 7) is 7.74. The number of carbonyl (C=O) groups excluding carboxylic acids is 1. The first-order valence-electron chi connectivity index (χ1n) is 8.40. The van der Waals surface area contributed by atoms with Gasteiger partial charge in [0.1, 0.15) is 10.6 Å². The van der Waals surface area contributed by atoms with Crippen LogP contribution in [0.15, 0.2) is 23.1 Å². The fourth-order valence-electron chi connectivity index (χ4n) is 2.82. The van der Waals surface area contributed by atoms with E-state index in [1.807, 2.05) is 31.7 Å². The van der Waals surface area contributed by atoms with Crippen molar-refractivity contribution in [1.29, 1.82) is 0 Å². The molecular weight excluding hydrogens is 342 g/mol. The molecular formula is C17H27N3O4S. The zero-order valence-electron chi connectivity index (χ0n) is 15.3. The minimum absolute atomic E-state index is 0.0355. The van der Waals surface area contributed by atoms with E-state index in [2.05, 4.69) is 5.32 Å². The van der Waals surface area contributed by atoms with E-state index in [4.69, 9.17) is 4.74 Å². The van der Waals surface area contributed by atoms with Crippen molar-refractivity contribution in [2.45, 2.75) is 31.7 Å². The number of nitrogens with one attached hydrogen (secondary N) is 1. The van der Waals surface area contributed by atoms with Crippen molar-refractivity contribution in [3.05, 3.63) is 23.8 Å². The van der Waals surface area contributed by atoms with Crippen molar-refractivity contribution in [1.82, 2.24) is 14.5 Å². The number of rotatable bonds is 6. The maximum absolute atomic E-state index is 12.9. The Labute approximate surface area is 150 Å². The van der Waals surface area contributed by atoms with E-state index in [1.54, 1.807) is 12.1 Å². The third-order valence-electron chi connectivity index (χ3n) is 4.09. The molecule has 0 aliphatic carbocycles. The first kappa shape index (κ1) is 19.7. The first-order chi connectivity index (χ1) is 11.7. The molecule has 1 aromatic carbocycles. The van der Waals surface area contributed by atoms with E-state index >= 15 is 0 Å². The third-order valence-corrected chi connectivity index (χ3v) is 6.00. The highest BCUT2D eigenvalue weighted by molar-refractivity contribution is 7.89. The van der Waals surface area contributed by atoms with Gasteiger partial charge in [0.2, 0.25) is 15.9 Å². The minimum Gasteiger partial charge on any atom is -0.495 e. The van der Waals surface area contributed by atoms with Crippen molar-refractivity contribution in [2.24, 2.45) is 0 Å². The largest absolute Gasteiger partial charge is 0.495 e. The number of nitrogens with zero attached hydrogens (tertiary/aromatic N) is 2. The van der Waals surface area contributed by atoms with Gasteiger partial charge in [0.15, 0.2) is 0 Å². The van der Waals surface area contributed by atoms with Crippen LogP contribution in [-0.4, -0.2) is 69.4 Å². The molecule has 0 spiro atoms. The summed E-state index contributed by atoms with van der Waals surface area (Å²) in [5.74, 6) is 0.316. The van der Waals surface area contributed by atoms with Crippen LogP contribution in [0.5, 0.6) is 5.75 Å². The van der Waals surface area contributed by atoms with Gasteiger partial charge >= 0.3 is 0 Å². The van der Waals surface area contributed by atoms with Gasteiger partial charge < -0.3 is 10.1 Å². The van der Waals surface area contributed by atoms with Gasteiger partial charge in [-0.25, -0.2) is 8.42 Å². The van der Waals surface area contributed by atoms with Crippen LogP contribution in [0.2, 0.25) is 0 Å². The highest BCUT2D eigenvalue weighted by atomic mass is 32.2. The Hall–Kier alpha value is -1.64. The minimum atomic E-state index is -3.62. The average molecular weight is 369 g/mol. The van der Waals surface area contributed by atoms with Crippen LogP contribution in [0.1, 0.15) is 19.4 Å². The monoisotopic (exact) mass is 369 g/mol. The van der Waals surface area contributed by atoms with E-state index in [0.29, 0.717) is 38.5 Å². The lowest BCUT2D eigenvalue weighted by molar-refractivity contribution is -0.123. The molecule has 7 nitrogen and oxygen atoms in total. The highest BCUT2D eigenvalue weighted by Crippen LogP contribution is 2.28. The molecule has 0 radical (unpaired) electrons. The van der Waals surface area contributed by atoms with E-state index in [-0.39, 0.29) is 16.8 Å². The summed E-state index contributed by atoms with van der Waals surface area (Å²) in [6, 6.07) is 5.23. The Bertz CT molecular complexity index is 711. The van der Waals surface area contributed by atoms with Gasteiger partial charge in [0.05, 0.1) is 13.7 Å². The molecule has 1 saturated heterocycles. The highest BCUT2D eigenvalue weighted by Gasteiger charge is 2.31. The van der Waals surface area contributed by atoms with Crippen LogP contribution >= 0.6 is 0 Å². The molecule has 1 aromatic rings. The summed E-state index contributed by atoms with van der Waals surface area (Å²) in [6.07, 6.45) is 0. The lowest BCUT2D eigenvalue weighted by atomic mass is 10.2. The van der Waals surface area contributed by atoms with E-state index < -0.39 is 10.0 Å². The summed E-state index contributed by atoms with van der Waals surface area (Å²) >= 11 is 0. The molecule has 0 bridgehead atoms. The number of aryl methyl sites for hydroxylation is 1. The Morgan fingerprint density at radius 2 is 1.88 bits per heavy atom. The van der Waals surface area contributed by atoms with Crippen LogP contribution in [-0.2, 0) is 14.8 Å². The predicted octanol–water partition coefficient (Wildman–Crippen LogP) is 0.835. The summed E-state index contributed by atoms with van der Waals surface area (Å²) < 4.78 is 32.6. The Balaban J connectivity index is 2.04. The molecule has 1 fully saturated rings. The van der Waals surface area contributed by atoms with Gasteiger partial charge in [-0.15, -0.1) is 0 Å². The molecule has 0 aromatic heterocycles. The number of methoxy groups -OCH3 is 1. The number of carbonyl (C=O) groups is 1. The smallest absolute Gasteiger partial charge is 0.246 e. The number of hydrogen-bond donors (Lipinski definition) is 1. The van der Waals surface area contributed by atoms with Gasteiger partial charge in [0, 0.05) is 32.2 Å². The van der Waals surface area contributed by atoms with Crippen molar-refractivity contribution < 1.29 is 17.9 Å². The maximum atomic E-state index is 12.9. The quantitative estimate of drug-likeness (QED) is 0.804. The van der Waals surface area contributed by atoms with E-state index in [9.17, 15) is 13.2 Å². The molecule has 1 N–H and O–H groups in total. The second-order valence-corrected chi connectivity index (χ2v) is 8.46. The number of hydrogen-bond acceptors (Lipinski definition) is 5. The molecule has 0 atom stereocenters. The summed E-state index contributed by atoms with van der Waals surface area (Å²) in [7, 11) is -2.15. The van der Waals surface area contributed by atoms with E-state index in [1.165, 1.54) is 11.4 Å². The zero-order chi connectivity index (χ0) is 18.6. The van der Waals surface area contributed by atoms with Crippen molar-refractivity contribution >= 4 is 15.9 Å². The number of benzene rings is 1. The zero-order valence-corrected chi connectivity index (χ0v) is 16.1. The number of sulfonamides is 1. The average Bonchev–Trinajstić information content (AvgIpc) is 2.54. The molecule has 1 aliphatic rings. The van der Waals surface area contributed by atoms with Crippen LogP contribution < -0.4 is 10.1 Å². The molecule has 1 aliphatic heterocycles. The topological polar surface area (TPSA) is 79.0 Å². The molecule has 1 amide bonds. The number of amides is 1. The molecule has 8 heteroatoms. The number of piperazine rings is 1. The summed E-state index contributed by atoms with van der Waals surface area (Å²) in [4.78, 5) is 14.0. The van der Waals surface area contributed by atoms with Gasteiger partial charge in [0.25, 0.3) is 0 Å². The molecule has 2 rings (SSSR count). The second-order valence-electron chi connectivity index (χ2n) is 6.56. The first-order valence-corrected chi connectivity index (χ1v) is 9.84. The maximum Gasteiger partial charge on any atom is 0.246 e.